The molecular weight excluding hydrogens is 290 g/mol. The SMILES string of the molecule is C=CCN1CC(Cc2cccc(OC)c2)Oc2cc(O)ccc21. The number of methoxy groups -OCH3 is 1. The van der Waals surface area contributed by atoms with Gasteiger partial charge in [0.15, 0.2) is 0 Å². The molecule has 2 aromatic carbocycles. The molecule has 0 bridgehead atoms. The average Bonchev–Trinajstić information content (AvgIpc) is 2.55. The number of nitrogens with zero attached hydrogens (tertiary/aromatic N) is 1. The number of fused-ring (bicyclic) bond motifs is 1. The molecule has 0 radical (unpaired) electrons. The maximum Gasteiger partial charge on any atom is 0.146 e. The van der Waals surface area contributed by atoms with Gasteiger partial charge in [-0.3, -0.25) is 0 Å². The Balaban J connectivity index is 1.82. The zero-order valence-corrected chi connectivity index (χ0v) is 13.2. The molecule has 1 aliphatic heterocycles. The van der Waals surface area contributed by atoms with Gasteiger partial charge in [-0.05, 0) is 29.8 Å². The summed E-state index contributed by atoms with van der Waals surface area (Å²) >= 11 is 0. The van der Waals surface area contributed by atoms with Gasteiger partial charge in [0, 0.05) is 19.0 Å². The predicted octanol–water partition coefficient (Wildman–Crippen LogP) is 3.40. The number of phenolic OH excluding ortho intramolecular Hbond substituents is 1. The van der Waals surface area contributed by atoms with Gasteiger partial charge >= 0.3 is 0 Å². The van der Waals surface area contributed by atoms with E-state index in [1.54, 1.807) is 19.2 Å². The summed E-state index contributed by atoms with van der Waals surface area (Å²) in [7, 11) is 1.67. The Labute approximate surface area is 136 Å². The van der Waals surface area contributed by atoms with Crippen LogP contribution in [-0.2, 0) is 6.42 Å². The molecule has 1 aliphatic rings. The topological polar surface area (TPSA) is 41.9 Å². The second-order valence-electron chi connectivity index (χ2n) is 5.64. The molecule has 120 valence electrons. The molecule has 1 unspecified atom stereocenters. The monoisotopic (exact) mass is 311 g/mol. The van der Waals surface area contributed by atoms with Crippen LogP contribution in [0.25, 0.3) is 0 Å². The predicted molar refractivity (Wildman–Crippen MR) is 91.6 cm³/mol. The van der Waals surface area contributed by atoms with Crippen LogP contribution < -0.4 is 14.4 Å². The Morgan fingerprint density at radius 1 is 1.35 bits per heavy atom. The number of anilines is 1. The molecule has 3 rings (SSSR count). The third kappa shape index (κ3) is 3.42. The molecule has 0 saturated heterocycles. The zero-order valence-electron chi connectivity index (χ0n) is 13.2. The van der Waals surface area contributed by atoms with Gasteiger partial charge in [0.05, 0.1) is 19.3 Å². The van der Waals surface area contributed by atoms with Crippen molar-refractivity contribution in [1.82, 2.24) is 0 Å². The highest BCUT2D eigenvalue weighted by molar-refractivity contribution is 5.62. The van der Waals surface area contributed by atoms with Crippen LogP contribution in [0.1, 0.15) is 5.56 Å². The van der Waals surface area contributed by atoms with Gasteiger partial charge in [0.2, 0.25) is 0 Å². The van der Waals surface area contributed by atoms with Crippen molar-refractivity contribution < 1.29 is 14.6 Å². The third-order valence-corrected chi connectivity index (χ3v) is 3.95. The van der Waals surface area contributed by atoms with Gasteiger partial charge in [-0.2, -0.15) is 0 Å². The van der Waals surface area contributed by atoms with Crippen LogP contribution in [0.4, 0.5) is 5.69 Å². The molecule has 1 N–H and O–H groups in total. The van der Waals surface area contributed by atoms with Crippen LogP contribution in [0.2, 0.25) is 0 Å². The molecule has 4 nitrogen and oxygen atoms in total. The number of rotatable bonds is 5. The van der Waals surface area contributed by atoms with Crippen LogP contribution in [0.3, 0.4) is 0 Å². The standard InChI is InChI=1S/C19H21NO3/c1-3-9-20-13-17(11-14-5-4-6-16(10-14)22-2)23-19-12-15(21)7-8-18(19)20/h3-8,10,12,17,21H,1,9,11,13H2,2H3. The Morgan fingerprint density at radius 2 is 2.22 bits per heavy atom. The van der Waals surface area contributed by atoms with Crippen molar-refractivity contribution in [2.45, 2.75) is 12.5 Å². The largest absolute Gasteiger partial charge is 0.508 e. The molecule has 23 heavy (non-hydrogen) atoms. The van der Waals surface area contributed by atoms with Crippen molar-refractivity contribution >= 4 is 5.69 Å². The number of phenols is 1. The maximum absolute atomic E-state index is 9.71. The Bertz CT molecular complexity index is 699. The van der Waals surface area contributed by atoms with Crippen molar-refractivity contribution in [3.05, 3.63) is 60.7 Å². The normalized spacial score (nSPS) is 16.4. The Morgan fingerprint density at radius 3 is 3.00 bits per heavy atom. The number of hydrogen-bond acceptors (Lipinski definition) is 4. The van der Waals surface area contributed by atoms with Gasteiger partial charge in [-0.15, -0.1) is 6.58 Å². The smallest absolute Gasteiger partial charge is 0.146 e. The molecule has 4 heteroatoms. The van der Waals surface area contributed by atoms with E-state index in [0.717, 1.165) is 36.5 Å². The van der Waals surface area contributed by atoms with Crippen molar-refractivity contribution in [2.24, 2.45) is 0 Å². The van der Waals surface area contributed by atoms with E-state index in [2.05, 4.69) is 17.5 Å². The first-order valence-corrected chi connectivity index (χ1v) is 7.68. The minimum Gasteiger partial charge on any atom is -0.508 e. The van der Waals surface area contributed by atoms with E-state index in [-0.39, 0.29) is 11.9 Å². The Hall–Kier alpha value is -2.62. The van der Waals surface area contributed by atoms with E-state index in [9.17, 15) is 5.11 Å². The van der Waals surface area contributed by atoms with Crippen molar-refractivity contribution in [1.29, 1.82) is 0 Å². The van der Waals surface area contributed by atoms with E-state index >= 15 is 0 Å². The van der Waals surface area contributed by atoms with Gasteiger partial charge < -0.3 is 19.5 Å². The zero-order chi connectivity index (χ0) is 16.2. The summed E-state index contributed by atoms with van der Waals surface area (Å²) in [6.07, 6.45) is 2.67. The highest BCUT2D eigenvalue weighted by atomic mass is 16.5. The van der Waals surface area contributed by atoms with E-state index in [0.29, 0.717) is 5.75 Å². The summed E-state index contributed by atoms with van der Waals surface area (Å²) in [6.45, 7) is 5.35. The van der Waals surface area contributed by atoms with E-state index in [4.69, 9.17) is 9.47 Å². The quantitative estimate of drug-likeness (QED) is 0.859. The first kappa shape index (κ1) is 15.3. The number of benzene rings is 2. The highest BCUT2D eigenvalue weighted by Gasteiger charge is 2.25. The molecule has 0 amide bonds. The molecule has 0 fully saturated rings. The second-order valence-corrected chi connectivity index (χ2v) is 5.64. The summed E-state index contributed by atoms with van der Waals surface area (Å²) in [5, 5.41) is 9.71. The van der Waals surface area contributed by atoms with Crippen LogP contribution in [0, 0.1) is 0 Å². The fourth-order valence-corrected chi connectivity index (χ4v) is 2.92. The van der Waals surface area contributed by atoms with Crippen LogP contribution in [-0.4, -0.2) is 31.4 Å². The van der Waals surface area contributed by atoms with Gasteiger partial charge in [-0.25, -0.2) is 0 Å². The van der Waals surface area contributed by atoms with E-state index in [1.807, 2.05) is 30.3 Å². The number of ether oxygens (including phenoxy) is 2. The van der Waals surface area contributed by atoms with E-state index in [1.165, 1.54) is 0 Å². The fraction of sp³-hybridized carbons (Fsp3) is 0.263. The molecule has 0 saturated carbocycles. The van der Waals surface area contributed by atoms with Crippen molar-refractivity contribution in [3.8, 4) is 17.2 Å². The number of hydrogen-bond donors (Lipinski definition) is 1. The lowest BCUT2D eigenvalue weighted by atomic mass is 10.0. The van der Waals surface area contributed by atoms with Gasteiger partial charge in [-0.1, -0.05) is 18.2 Å². The first-order valence-electron chi connectivity index (χ1n) is 7.68. The summed E-state index contributed by atoms with van der Waals surface area (Å²) < 4.78 is 11.4. The minimum absolute atomic E-state index is 0.0105. The lowest BCUT2D eigenvalue weighted by molar-refractivity contribution is 0.194. The van der Waals surface area contributed by atoms with Gasteiger partial charge in [0.1, 0.15) is 23.4 Å². The number of aromatic hydroxyl groups is 1. The fourth-order valence-electron chi connectivity index (χ4n) is 2.92. The summed E-state index contributed by atoms with van der Waals surface area (Å²) in [6, 6.07) is 13.3. The molecule has 0 spiro atoms. The maximum atomic E-state index is 9.71. The first-order chi connectivity index (χ1) is 11.2. The van der Waals surface area contributed by atoms with Gasteiger partial charge in [0.25, 0.3) is 0 Å². The van der Waals surface area contributed by atoms with E-state index < -0.39 is 0 Å². The van der Waals surface area contributed by atoms with Crippen LogP contribution in [0.5, 0.6) is 17.2 Å². The van der Waals surface area contributed by atoms with Crippen LogP contribution >= 0.6 is 0 Å². The third-order valence-electron chi connectivity index (χ3n) is 3.95. The minimum atomic E-state index is 0.0105. The van der Waals surface area contributed by atoms with Crippen molar-refractivity contribution in [2.75, 3.05) is 25.1 Å². The molecule has 0 aromatic heterocycles. The lowest BCUT2D eigenvalue weighted by Crippen LogP contribution is -2.41. The highest BCUT2D eigenvalue weighted by Crippen LogP contribution is 2.36. The summed E-state index contributed by atoms with van der Waals surface area (Å²) in [4.78, 5) is 2.22. The van der Waals surface area contributed by atoms with Crippen LogP contribution in [0.15, 0.2) is 55.1 Å². The second kappa shape index (κ2) is 6.65. The molecular formula is C19H21NO3. The summed E-state index contributed by atoms with van der Waals surface area (Å²) in [5.41, 5.74) is 2.15. The molecule has 1 atom stereocenters. The van der Waals surface area contributed by atoms with Crippen molar-refractivity contribution in [3.63, 3.8) is 0 Å². The lowest BCUT2D eigenvalue weighted by Gasteiger charge is -2.36. The molecule has 2 aromatic rings. The summed E-state index contributed by atoms with van der Waals surface area (Å²) in [5.74, 6) is 1.77. The molecule has 0 aliphatic carbocycles. The Kier molecular flexibility index (Phi) is 4.42. The average molecular weight is 311 g/mol. The molecule has 1 heterocycles.